The number of aryl methyl sites for hydroxylation is 3. The summed E-state index contributed by atoms with van der Waals surface area (Å²) in [5, 5.41) is 0. The van der Waals surface area contributed by atoms with Crippen LogP contribution in [0.15, 0.2) is 29.4 Å². The molecule has 100 valence electrons. The molecular formula is C15H19N3O. The van der Waals surface area contributed by atoms with Crippen molar-refractivity contribution in [3.05, 3.63) is 41.5 Å². The molecule has 4 heteroatoms. The van der Waals surface area contributed by atoms with Crippen molar-refractivity contribution in [1.82, 2.24) is 9.55 Å². The van der Waals surface area contributed by atoms with Crippen LogP contribution in [0.3, 0.4) is 0 Å². The highest BCUT2D eigenvalue weighted by atomic mass is 16.5. The van der Waals surface area contributed by atoms with Gasteiger partial charge in [0.15, 0.2) is 0 Å². The molecule has 0 aliphatic rings. The average molecular weight is 257 g/mol. The monoisotopic (exact) mass is 257 g/mol. The summed E-state index contributed by atoms with van der Waals surface area (Å²) in [6, 6.07) is 5.97. The molecule has 1 heterocycles. The lowest BCUT2D eigenvalue weighted by molar-refractivity contribution is 0.416. The zero-order chi connectivity index (χ0) is 14.0. The normalized spacial score (nSPS) is 11.7. The fourth-order valence-corrected chi connectivity index (χ4v) is 1.85. The predicted octanol–water partition coefficient (Wildman–Crippen LogP) is 3.19. The largest absolute Gasteiger partial charge is 0.494 e. The van der Waals surface area contributed by atoms with Crippen LogP contribution in [-0.4, -0.2) is 22.4 Å². The lowest BCUT2D eigenvalue weighted by Gasteiger charge is -2.06. The Balaban J connectivity index is 2.40. The van der Waals surface area contributed by atoms with Crippen molar-refractivity contribution in [3.63, 3.8) is 0 Å². The van der Waals surface area contributed by atoms with Crippen molar-refractivity contribution in [2.45, 2.75) is 20.8 Å². The van der Waals surface area contributed by atoms with Crippen LogP contribution >= 0.6 is 0 Å². The van der Waals surface area contributed by atoms with Gasteiger partial charge < -0.3 is 9.30 Å². The van der Waals surface area contributed by atoms with Crippen molar-refractivity contribution in [2.24, 2.45) is 12.0 Å². The minimum Gasteiger partial charge on any atom is -0.494 e. The van der Waals surface area contributed by atoms with E-state index in [-0.39, 0.29) is 0 Å². The van der Waals surface area contributed by atoms with Crippen LogP contribution < -0.4 is 4.74 Å². The molecule has 1 aromatic heterocycles. The van der Waals surface area contributed by atoms with Crippen LogP contribution in [-0.2, 0) is 7.05 Å². The van der Waals surface area contributed by atoms with Crippen LogP contribution in [0.2, 0.25) is 0 Å². The van der Waals surface area contributed by atoms with Crippen LogP contribution in [0, 0.1) is 13.8 Å². The summed E-state index contributed by atoms with van der Waals surface area (Å²) in [4.78, 5) is 9.08. The second-order valence-corrected chi connectivity index (χ2v) is 4.66. The molecule has 2 rings (SSSR count). The van der Waals surface area contributed by atoms with Gasteiger partial charge in [-0.3, -0.25) is 0 Å². The molecule has 0 bridgehead atoms. The predicted molar refractivity (Wildman–Crippen MR) is 77.5 cm³/mol. The second-order valence-electron chi connectivity index (χ2n) is 4.66. The molecular weight excluding hydrogens is 238 g/mol. The van der Waals surface area contributed by atoms with E-state index in [9.17, 15) is 0 Å². The molecule has 0 aliphatic heterocycles. The minimum absolute atomic E-state index is 0.784. The second kappa shape index (κ2) is 5.26. The molecule has 0 fully saturated rings. The number of imidazole rings is 1. The Morgan fingerprint density at radius 1 is 1.32 bits per heavy atom. The van der Waals surface area contributed by atoms with Crippen molar-refractivity contribution < 1.29 is 4.74 Å². The molecule has 0 atom stereocenters. The number of nitrogens with zero attached hydrogens (tertiary/aromatic N) is 3. The van der Waals surface area contributed by atoms with Crippen LogP contribution in [0.4, 0.5) is 5.69 Å². The Morgan fingerprint density at radius 2 is 2.05 bits per heavy atom. The Kier molecular flexibility index (Phi) is 3.69. The van der Waals surface area contributed by atoms with Gasteiger partial charge in [0.05, 0.1) is 12.8 Å². The van der Waals surface area contributed by atoms with E-state index in [1.165, 1.54) is 0 Å². The first-order chi connectivity index (χ1) is 9.01. The van der Waals surface area contributed by atoms with Gasteiger partial charge in [0.1, 0.15) is 23.0 Å². The Morgan fingerprint density at radius 3 is 2.63 bits per heavy atom. The first kappa shape index (κ1) is 13.3. The van der Waals surface area contributed by atoms with E-state index in [0.29, 0.717) is 0 Å². The van der Waals surface area contributed by atoms with Gasteiger partial charge in [-0.25, -0.2) is 9.98 Å². The average Bonchev–Trinajstić information content (AvgIpc) is 2.72. The van der Waals surface area contributed by atoms with Crippen molar-refractivity contribution in [3.8, 4) is 5.75 Å². The van der Waals surface area contributed by atoms with Gasteiger partial charge in [-0.15, -0.1) is 0 Å². The van der Waals surface area contributed by atoms with Gasteiger partial charge in [-0.1, -0.05) is 6.07 Å². The number of ether oxygens (including phenoxy) is 1. The fourth-order valence-electron chi connectivity index (χ4n) is 1.85. The Labute approximate surface area is 113 Å². The third kappa shape index (κ3) is 2.84. The number of hydrogen-bond donors (Lipinski definition) is 0. The van der Waals surface area contributed by atoms with E-state index in [4.69, 9.17) is 4.74 Å². The Bertz CT molecular complexity index is 607. The molecule has 19 heavy (non-hydrogen) atoms. The quantitative estimate of drug-likeness (QED) is 0.792. The number of hydrogen-bond acceptors (Lipinski definition) is 3. The highest BCUT2D eigenvalue weighted by Gasteiger charge is 2.07. The van der Waals surface area contributed by atoms with E-state index in [2.05, 4.69) is 9.98 Å². The lowest BCUT2D eigenvalue weighted by atomic mass is 10.2. The third-order valence-electron chi connectivity index (χ3n) is 3.10. The molecule has 0 saturated heterocycles. The van der Waals surface area contributed by atoms with E-state index in [1.807, 2.05) is 56.8 Å². The van der Waals surface area contributed by atoms with E-state index in [1.54, 1.807) is 7.11 Å². The molecule has 0 N–H and O–H groups in total. The number of benzene rings is 1. The molecule has 4 nitrogen and oxygen atoms in total. The molecule has 0 radical (unpaired) electrons. The standard InChI is InChI=1S/C15H19N3O/c1-10-6-7-13(15(8-10)19-5)16-11(2)14-9-18(4)12(3)17-14/h6-9H,1-5H3. The fraction of sp³-hybridized carbons (Fsp3) is 0.333. The minimum atomic E-state index is 0.784. The maximum atomic E-state index is 5.36. The van der Waals surface area contributed by atoms with Crippen LogP contribution in [0.1, 0.15) is 24.0 Å². The summed E-state index contributed by atoms with van der Waals surface area (Å²) in [7, 11) is 3.64. The highest BCUT2D eigenvalue weighted by molar-refractivity contribution is 5.98. The van der Waals surface area contributed by atoms with E-state index < -0.39 is 0 Å². The number of methoxy groups -OCH3 is 1. The SMILES string of the molecule is COc1cc(C)ccc1N=C(C)c1cn(C)c(C)n1. The van der Waals surface area contributed by atoms with E-state index >= 15 is 0 Å². The number of rotatable bonds is 3. The smallest absolute Gasteiger partial charge is 0.144 e. The maximum Gasteiger partial charge on any atom is 0.144 e. The van der Waals surface area contributed by atoms with Gasteiger partial charge in [-0.05, 0) is 38.5 Å². The summed E-state index contributed by atoms with van der Waals surface area (Å²) in [5.74, 6) is 1.76. The van der Waals surface area contributed by atoms with Crippen LogP contribution in [0.25, 0.3) is 0 Å². The topological polar surface area (TPSA) is 39.4 Å². The first-order valence-corrected chi connectivity index (χ1v) is 6.21. The summed E-state index contributed by atoms with van der Waals surface area (Å²) < 4.78 is 7.35. The number of aromatic nitrogens is 2. The Hall–Kier alpha value is -2.10. The summed E-state index contributed by atoms with van der Waals surface area (Å²) in [5.41, 5.74) is 3.75. The number of aliphatic imine (C=N–C) groups is 1. The zero-order valence-corrected chi connectivity index (χ0v) is 12.1. The molecule has 0 saturated carbocycles. The first-order valence-electron chi connectivity index (χ1n) is 6.21. The molecule has 0 aliphatic carbocycles. The van der Waals surface area contributed by atoms with Gasteiger partial charge in [0, 0.05) is 13.2 Å². The maximum absolute atomic E-state index is 5.36. The van der Waals surface area contributed by atoms with Crippen molar-refractivity contribution in [2.75, 3.05) is 7.11 Å². The molecule has 0 spiro atoms. The molecule has 0 amide bonds. The molecule has 1 aromatic carbocycles. The van der Waals surface area contributed by atoms with Gasteiger partial charge >= 0.3 is 0 Å². The van der Waals surface area contributed by atoms with Gasteiger partial charge in [-0.2, -0.15) is 0 Å². The molecule has 2 aromatic rings. The van der Waals surface area contributed by atoms with E-state index in [0.717, 1.165) is 34.2 Å². The highest BCUT2D eigenvalue weighted by Crippen LogP contribution is 2.28. The summed E-state index contributed by atoms with van der Waals surface area (Å²) in [6.07, 6.45) is 1.98. The van der Waals surface area contributed by atoms with Gasteiger partial charge in [0.2, 0.25) is 0 Å². The molecule has 0 unspecified atom stereocenters. The van der Waals surface area contributed by atoms with Crippen LogP contribution in [0.5, 0.6) is 5.75 Å². The third-order valence-corrected chi connectivity index (χ3v) is 3.10. The van der Waals surface area contributed by atoms with Crippen molar-refractivity contribution >= 4 is 11.4 Å². The van der Waals surface area contributed by atoms with Crippen molar-refractivity contribution in [1.29, 1.82) is 0 Å². The zero-order valence-electron chi connectivity index (χ0n) is 12.1. The summed E-state index contributed by atoms with van der Waals surface area (Å²) >= 11 is 0. The summed E-state index contributed by atoms with van der Waals surface area (Å²) in [6.45, 7) is 5.97. The van der Waals surface area contributed by atoms with Gasteiger partial charge in [0.25, 0.3) is 0 Å². The lowest BCUT2D eigenvalue weighted by Crippen LogP contribution is -1.95.